The number of nitrogens with one attached hydrogen (secondary N) is 1. The van der Waals surface area contributed by atoms with Crippen molar-refractivity contribution >= 4 is 6.21 Å². The fourth-order valence-corrected chi connectivity index (χ4v) is 3.33. The van der Waals surface area contributed by atoms with Crippen LogP contribution in [0.1, 0.15) is 110 Å². The number of unbranched alkanes of at least 4 members (excludes halogenated alkanes) is 12. The zero-order valence-corrected chi connectivity index (χ0v) is 16.3. The molecule has 0 aliphatic carbocycles. The second-order valence-corrected chi connectivity index (χ2v) is 7.32. The first-order valence-corrected chi connectivity index (χ1v) is 10.8. The number of nitrogens with zero attached hydrogens (tertiary/aromatic N) is 1. The van der Waals surface area contributed by atoms with Crippen LogP contribution in [0.25, 0.3) is 0 Å². The van der Waals surface area contributed by atoms with Crippen molar-refractivity contribution in [3.8, 4) is 0 Å². The van der Waals surface area contributed by atoms with Gasteiger partial charge in [0.05, 0.1) is 6.17 Å². The highest BCUT2D eigenvalue weighted by molar-refractivity contribution is 5.58. The van der Waals surface area contributed by atoms with Crippen molar-refractivity contribution in [2.45, 2.75) is 116 Å². The van der Waals surface area contributed by atoms with E-state index in [1.807, 2.05) is 0 Å². The van der Waals surface area contributed by atoms with Gasteiger partial charge in [0.15, 0.2) is 0 Å². The Kier molecular flexibility index (Phi) is 15.3. The van der Waals surface area contributed by atoms with E-state index < -0.39 is 0 Å². The van der Waals surface area contributed by atoms with Crippen LogP contribution in [-0.2, 0) is 0 Å². The van der Waals surface area contributed by atoms with Crippen LogP contribution < -0.4 is 5.32 Å². The van der Waals surface area contributed by atoms with Crippen LogP contribution in [0.15, 0.2) is 17.1 Å². The van der Waals surface area contributed by atoms with E-state index in [9.17, 15) is 0 Å². The van der Waals surface area contributed by atoms with Crippen molar-refractivity contribution in [1.29, 1.82) is 0 Å². The molecule has 1 atom stereocenters. The molecule has 1 aliphatic heterocycles. The highest BCUT2D eigenvalue weighted by Crippen LogP contribution is 2.12. The number of allylic oxidation sites excluding steroid dienone is 2. The van der Waals surface area contributed by atoms with Crippen LogP contribution in [0.5, 0.6) is 0 Å². The third-order valence-corrected chi connectivity index (χ3v) is 4.93. The summed E-state index contributed by atoms with van der Waals surface area (Å²) in [4.78, 5) is 4.49. The standard InChI is InChI=1S/C22H42N2/c1-2-3-4-5-6-7-8-9-10-11-12-13-14-15-16-17-19-22-23-20-18-21-24-22/h9-10,20,22,24H,2-8,11-19,21H2,1H3. The van der Waals surface area contributed by atoms with Gasteiger partial charge >= 0.3 is 0 Å². The van der Waals surface area contributed by atoms with Gasteiger partial charge in [-0.1, -0.05) is 76.9 Å². The molecule has 1 aliphatic rings. The van der Waals surface area contributed by atoms with Gasteiger partial charge in [-0.25, -0.2) is 0 Å². The Hall–Kier alpha value is -0.630. The Morgan fingerprint density at radius 1 is 0.833 bits per heavy atom. The first kappa shape index (κ1) is 21.4. The molecule has 1 heterocycles. The fraction of sp³-hybridized carbons (Fsp3) is 0.864. The van der Waals surface area contributed by atoms with E-state index in [1.165, 1.54) is 96.3 Å². The second kappa shape index (κ2) is 17.2. The molecule has 24 heavy (non-hydrogen) atoms. The van der Waals surface area contributed by atoms with Gasteiger partial charge in [0.25, 0.3) is 0 Å². The highest BCUT2D eigenvalue weighted by Gasteiger charge is 2.06. The number of hydrogen-bond acceptors (Lipinski definition) is 2. The average molecular weight is 335 g/mol. The Morgan fingerprint density at radius 2 is 1.42 bits per heavy atom. The number of rotatable bonds is 16. The van der Waals surface area contributed by atoms with Crippen LogP contribution in [0.3, 0.4) is 0 Å². The summed E-state index contributed by atoms with van der Waals surface area (Å²) in [7, 11) is 0. The van der Waals surface area contributed by atoms with Crippen LogP contribution >= 0.6 is 0 Å². The summed E-state index contributed by atoms with van der Waals surface area (Å²) in [5.74, 6) is 0. The average Bonchev–Trinajstić information content (AvgIpc) is 2.62. The predicted molar refractivity (Wildman–Crippen MR) is 109 cm³/mol. The quantitative estimate of drug-likeness (QED) is 0.243. The molecule has 0 radical (unpaired) electrons. The highest BCUT2D eigenvalue weighted by atomic mass is 15.1. The number of aliphatic imine (C=N–C) groups is 1. The first-order chi connectivity index (χ1) is 11.9. The van der Waals surface area contributed by atoms with E-state index in [2.05, 4.69) is 35.6 Å². The molecular weight excluding hydrogens is 292 g/mol. The molecule has 2 heteroatoms. The summed E-state index contributed by atoms with van der Waals surface area (Å²) in [5, 5.41) is 3.47. The molecule has 140 valence electrons. The molecule has 0 aromatic rings. The molecule has 0 aromatic heterocycles. The molecule has 0 fully saturated rings. The maximum absolute atomic E-state index is 4.49. The third-order valence-electron chi connectivity index (χ3n) is 4.93. The SMILES string of the molecule is CCCCCCCCC=CCCCCCCCCC1N=CCCN1. The smallest absolute Gasteiger partial charge is 0.0990 e. The minimum atomic E-state index is 0.413. The molecule has 0 bridgehead atoms. The van der Waals surface area contributed by atoms with E-state index in [1.54, 1.807) is 0 Å². The lowest BCUT2D eigenvalue weighted by molar-refractivity contribution is 0.460. The summed E-state index contributed by atoms with van der Waals surface area (Å²) >= 11 is 0. The minimum Gasteiger partial charge on any atom is -0.295 e. The molecule has 0 spiro atoms. The third kappa shape index (κ3) is 13.8. The molecule has 1 rings (SSSR count). The Morgan fingerprint density at radius 3 is 2.00 bits per heavy atom. The lowest BCUT2D eigenvalue weighted by atomic mass is 10.1. The van der Waals surface area contributed by atoms with Crippen molar-refractivity contribution < 1.29 is 0 Å². The van der Waals surface area contributed by atoms with Crippen LogP contribution in [0.4, 0.5) is 0 Å². The second-order valence-electron chi connectivity index (χ2n) is 7.32. The van der Waals surface area contributed by atoms with E-state index in [4.69, 9.17) is 0 Å². The van der Waals surface area contributed by atoms with Crippen molar-refractivity contribution in [3.05, 3.63) is 12.2 Å². The first-order valence-electron chi connectivity index (χ1n) is 10.8. The van der Waals surface area contributed by atoms with Crippen LogP contribution in [-0.4, -0.2) is 18.9 Å². The van der Waals surface area contributed by atoms with E-state index >= 15 is 0 Å². The van der Waals surface area contributed by atoms with Crippen molar-refractivity contribution in [2.75, 3.05) is 6.54 Å². The topological polar surface area (TPSA) is 24.4 Å². The van der Waals surface area contributed by atoms with Gasteiger partial charge in [0, 0.05) is 12.8 Å². The summed E-state index contributed by atoms with van der Waals surface area (Å²) in [6, 6.07) is 0. The fourth-order valence-electron chi connectivity index (χ4n) is 3.33. The van der Waals surface area contributed by atoms with Gasteiger partial charge in [-0.2, -0.15) is 0 Å². The van der Waals surface area contributed by atoms with Gasteiger partial charge in [0.1, 0.15) is 0 Å². The Balaban J connectivity index is 1.73. The zero-order valence-electron chi connectivity index (χ0n) is 16.3. The summed E-state index contributed by atoms with van der Waals surface area (Å²) in [6.45, 7) is 3.40. The Labute approximate surface area is 151 Å². The molecule has 0 amide bonds. The molecular formula is C22H42N2. The molecule has 1 N–H and O–H groups in total. The lowest BCUT2D eigenvalue weighted by Crippen LogP contribution is -2.31. The van der Waals surface area contributed by atoms with Gasteiger partial charge in [0.2, 0.25) is 0 Å². The van der Waals surface area contributed by atoms with Gasteiger partial charge in [-0.05, 0) is 44.9 Å². The molecule has 0 aromatic carbocycles. The van der Waals surface area contributed by atoms with Gasteiger partial charge < -0.3 is 0 Å². The maximum atomic E-state index is 4.49. The molecule has 1 unspecified atom stereocenters. The largest absolute Gasteiger partial charge is 0.295 e. The van der Waals surface area contributed by atoms with E-state index in [0.717, 1.165) is 13.0 Å². The van der Waals surface area contributed by atoms with E-state index in [-0.39, 0.29) is 0 Å². The van der Waals surface area contributed by atoms with Crippen LogP contribution in [0.2, 0.25) is 0 Å². The summed E-state index contributed by atoms with van der Waals surface area (Å²) in [5.41, 5.74) is 0. The van der Waals surface area contributed by atoms with Crippen molar-refractivity contribution in [3.63, 3.8) is 0 Å². The van der Waals surface area contributed by atoms with E-state index in [0.29, 0.717) is 6.17 Å². The minimum absolute atomic E-state index is 0.413. The Bertz CT molecular complexity index is 309. The summed E-state index contributed by atoms with van der Waals surface area (Å²) < 4.78 is 0. The molecule has 2 nitrogen and oxygen atoms in total. The lowest BCUT2D eigenvalue weighted by Gasteiger charge is -2.17. The normalized spacial score (nSPS) is 17.8. The molecule has 0 saturated carbocycles. The van der Waals surface area contributed by atoms with Crippen molar-refractivity contribution in [1.82, 2.24) is 5.32 Å². The predicted octanol–water partition coefficient (Wildman–Crippen LogP) is 6.80. The number of hydrogen-bond donors (Lipinski definition) is 1. The molecule has 0 saturated heterocycles. The summed E-state index contributed by atoms with van der Waals surface area (Å²) in [6.07, 6.45) is 29.0. The zero-order chi connectivity index (χ0) is 17.1. The maximum Gasteiger partial charge on any atom is 0.0990 e. The van der Waals surface area contributed by atoms with Crippen LogP contribution in [0, 0.1) is 0 Å². The van der Waals surface area contributed by atoms with Gasteiger partial charge in [-0.3, -0.25) is 10.3 Å². The van der Waals surface area contributed by atoms with Gasteiger partial charge in [-0.15, -0.1) is 0 Å². The van der Waals surface area contributed by atoms with Crippen molar-refractivity contribution in [2.24, 2.45) is 4.99 Å². The monoisotopic (exact) mass is 334 g/mol.